The van der Waals surface area contributed by atoms with E-state index >= 15 is 0 Å². The van der Waals surface area contributed by atoms with Crippen molar-refractivity contribution in [2.75, 3.05) is 7.05 Å². The maximum absolute atomic E-state index is 12.0. The van der Waals surface area contributed by atoms with Crippen LogP contribution in [-0.2, 0) is 4.79 Å². The Hall–Kier alpha value is -1.26. The van der Waals surface area contributed by atoms with Crippen LogP contribution in [0, 0.1) is 11.8 Å². The van der Waals surface area contributed by atoms with Crippen molar-refractivity contribution in [1.82, 2.24) is 10.2 Å². The van der Waals surface area contributed by atoms with E-state index in [9.17, 15) is 9.59 Å². The maximum Gasteiger partial charge on any atom is 0.317 e. The summed E-state index contributed by atoms with van der Waals surface area (Å²) in [6.07, 6.45) is -0.0483. The second-order valence-corrected chi connectivity index (χ2v) is 5.49. The van der Waals surface area contributed by atoms with Crippen molar-refractivity contribution >= 4 is 12.0 Å². The van der Waals surface area contributed by atoms with Crippen LogP contribution >= 0.6 is 0 Å². The van der Waals surface area contributed by atoms with Crippen molar-refractivity contribution in [3.63, 3.8) is 0 Å². The van der Waals surface area contributed by atoms with Crippen molar-refractivity contribution in [1.29, 1.82) is 0 Å². The van der Waals surface area contributed by atoms with Gasteiger partial charge in [0.05, 0.1) is 6.42 Å². The Kier molecular flexibility index (Phi) is 6.73. The molecule has 0 saturated carbocycles. The topological polar surface area (TPSA) is 69.6 Å². The Morgan fingerprint density at radius 2 is 1.61 bits per heavy atom. The lowest BCUT2D eigenvalue weighted by atomic mass is 10.0. The zero-order valence-electron chi connectivity index (χ0n) is 12.2. The molecule has 0 fully saturated rings. The Balaban J connectivity index is 4.55. The summed E-state index contributed by atoms with van der Waals surface area (Å²) in [5, 5.41) is 11.6. The molecule has 0 aromatic rings. The number of carboxylic acid groups (broad SMARTS) is 1. The molecule has 0 rings (SSSR count). The van der Waals surface area contributed by atoms with Crippen LogP contribution in [0.4, 0.5) is 4.79 Å². The van der Waals surface area contributed by atoms with Gasteiger partial charge >= 0.3 is 12.0 Å². The molecule has 2 atom stereocenters. The van der Waals surface area contributed by atoms with Gasteiger partial charge in [-0.25, -0.2) is 4.79 Å². The average molecular weight is 258 g/mol. The molecule has 0 bridgehead atoms. The summed E-state index contributed by atoms with van der Waals surface area (Å²) in [4.78, 5) is 24.4. The van der Waals surface area contributed by atoms with Gasteiger partial charge in [0.25, 0.3) is 0 Å². The van der Waals surface area contributed by atoms with E-state index in [1.54, 1.807) is 11.9 Å². The summed E-state index contributed by atoms with van der Waals surface area (Å²) in [7, 11) is 1.73. The molecule has 0 aliphatic carbocycles. The van der Waals surface area contributed by atoms with Crippen LogP contribution in [0.1, 0.15) is 41.0 Å². The minimum absolute atomic E-state index is 0.0483. The fourth-order valence-corrected chi connectivity index (χ4v) is 1.53. The van der Waals surface area contributed by atoms with E-state index in [4.69, 9.17) is 5.11 Å². The highest BCUT2D eigenvalue weighted by Gasteiger charge is 2.24. The number of hydrogen-bond donors (Lipinski definition) is 2. The van der Waals surface area contributed by atoms with Crippen molar-refractivity contribution in [2.45, 2.75) is 53.1 Å². The zero-order chi connectivity index (χ0) is 14.5. The molecule has 0 aliphatic heterocycles. The van der Waals surface area contributed by atoms with E-state index in [0.717, 1.165) is 0 Å². The number of hydrogen-bond acceptors (Lipinski definition) is 2. The molecule has 0 radical (unpaired) electrons. The predicted molar refractivity (Wildman–Crippen MR) is 71.5 cm³/mol. The lowest BCUT2D eigenvalue weighted by Gasteiger charge is -2.31. The van der Waals surface area contributed by atoms with Crippen molar-refractivity contribution in [3.05, 3.63) is 0 Å². The number of aliphatic carboxylic acids is 1. The number of amides is 2. The molecule has 0 aromatic heterocycles. The SMILES string of the molecule is CC(C)C(CC(=O)O)NC(=O)N(C)C(C)C(C)C. The standard InChI is InChI=1S/C13H26N2O3/c1-8(2)10(5)15(6)13(18)14-11(9(3)4)7-12(16)17/h8-11H,7H2,1-6H3,(H,14,18)(H,16,17). The maximum atomic E-state index is 12.0. The predicted octanol–water partition coefficient (Wildman–Crippen LogP) is 2.17. The van der Waals surface area contributed by atoms with E-state index in [1.165, 1.54) is 0 Å². The van der Waals surface area contributed by atoms with Gasteiger partial charge < -0.3 is 15.3 Å². The van der Waals surface area contributed by atoms with Gasteiger partial charge in [-0.05, 0) is 18.8 Å². The lowest BCUT2D eigenvalue weighted by Crippen LogP contribution is -2.49. The quantitative estimate of drug-likeness (QED) is 0.767. The molecule has 0 saturated heterocycles. The van der Waals surface area contributed by atoms with Crippen LogP contribution in [0.2, 0.25) is 0 Å². The fraction of sp³-hybridized carbons (Fsp3) is 0.846. The van der Waals surface area contributed by atoms with Crippen LogP contribution in [0.15, 0.2) is 0 Å². The molecule has 0 heterocycles. The van der Waals surface area contributed by atoms with Crippen molar-refractivity contribution < 1.29 is 14.7 Å². The molecule has 0 spiro atoms. The molecule has 0 aromatic carbocycles. The van der Waals surface area contributed by atoms with Gasteiger partial charge in [-0.3, -0.25) is 4.79 Å². The number of rotatable bonds is 6. The molecule has 0 aliphatic rings. The Bertz CT molecular complexity index is 290. The summed E-state index contributed by atoms with van der Waals surface area (Å²) in [5.41, 5.74) is 0. The molecule has 2 unspecified atom stereocenters. The molecular formula is C13H26N2O3. The van der Waals surface area contributed by atoms with Crippen molar-refractivity contribution in [2.24, 2.45) is 11.8 Å². The number of carbonyl (C=O) groups excluding carboxylic acids is 1. The molecule has 2 N–H and O–H groups in total. The van der Waals surface area contributed by atoms with E-state index in [-0.39, 0.29) is 30.5 Å². The fourth-order valence-electron chi connectivity index (χ4n) is 1.53. The van der Waals surface area contributed by atoms with Gasteiger partial charge in [0.2, 0.25) is 0 Å². The lowest BCUT2D eigenvalue weighted by molar-refractivity contribution is -0.137. The van der Waals surface area contributed by atoms with Crippen LogP contribution in [0.3, 0.4) is 0 Å². The first-order valence-corrected chi connectivity index (χ1v) is 6.41. The summed E-state index contributed by atoms with van der Waals surface area (Å²) in [6.45, 7) is 9.88. The Morgan fingerprint density at radius 1 is 1.11 bits per heavy atom. The third kappa shape index (κ3) is 5.38. The second kappa shape index (κ2) is 7.24. The van der Waals surface area contributed by atoms with Gasteiger partial charge in [-0.2, -0.15) is 0 Å². The first-order valence-electron chi connectivity index (χ1n) is 6.41. The van der Waals surface area contributed by atoms with E-state index in [0.29, 0.717) is 5.92 Å². The average Bonchev–Trinajstić information content (AvgIpc) is 2.24. The number of nitrogens with one attached hydrogen (secondary N) is 1. The zero-order valence-corrected chi connectivity index (χ0v) is 12.2. The van der Waals surface area contributed by atoms with Crippen LogP contribution in [-0.4, -0.2) is 41.1 Å². The molecular weight excluding hydrogens is 232 g/mol. The summed E-state index contributed by atoms with van der Waals surface area (Å²) in [6, 6.07) is -0.435. The minimum Gasteiger partial charge on any atom is -0.481 e. The smallest absolute Gasteiger partial charge is 0.317 e. The largest absolute Gasteiger partial charge is 0.481 e. The van der Waals surface area contributed by atoms with Gasteiger partial charge in [0.15, 0.2) is 0 Å². The summed E-state index contributed by atoms with van der Waals surface area (Å²) in [5.74, 6) is -0.445. The van der Waals surface area contributed by atoms with E-state index in [2.05, 4.69) is 5.32 Å². The Morgan fingerprint density at radius 3 is 1.94 bits per heavy atom. The van der Waals surface area contributed by atoms with E-state index < -0.39 is 5.97 Å². The molecule has 5 nitrogen and oxygen atoms in total. The van der Waals surface area contributed by atoms with Crippen LogP contribution < -0.4 is 5.32 Å². The third-order valence-corrected chi connectivity index (χ3v) is 3.40. The van der Waals surface area contributed by atoms with Crippen LogP contribution in [0.25, 0.3) is 0 Å². The first kappa shape index (κ1) is 16.7. The van der Waals surface area contributed by atoms with E-state index in [1.807, 2.05) is 34.6 Å². The van der Waals surface area contributed by atoms with Gasteiger partial charge in [-0.1, -0.05) is 27.7 Å². The summed E-state index contributed by atoms with van der Waals surface area (Å²) < 4.78 is 0. The van der Waals surface area contributed by atoms with Crippen molar-refractivity contribution in [3.8, 4) is 0 Å². The number of carboxylic acids is 1. The van der Waals surface area contributed by atoms with Gasteiger partial charge in [-0.15, -0.1) is 0 Å². The first-order chi connectivity index (χ1) is 8.16. The summed E-state index contributed by atoms with van der Waals surface area (Å²) >= 11 is 0. The Labute approximate surface area is 110 Å². The number of nitrogens with zero attached hydrogens (tertiary/aromatic N) is 1. The highest BCUT2D eigenvalue weighted by atomic mass is 16.4. The molecule has 106 valence electrons. The minimum atomic E-state index is -0.895. The number of urea groups is 1. The highest BCUT2D eigenvalue weighted by molar-refractivity contribution is 5.76. The third-order valence-electron chi connectivity index (χ3n) is 3.40. The van der Waals surface area contributed by atoms with Crippen LogP contribution in [0.5, 0.6) is 0 Å². The monoisotopic (exact) mass is 258 g/mol. The molecule has 2 amide bonds. The second-order valence-electron chi connectivity index (χ2n) is 5.49. The molecule has 18 heavy (non-hydrogen) atoms. The van der Waals surface area contributed by atoms with Gasteiger partial charge in [0.1, 0.15) is 0 Å². The van der Waals surface area contributed by atoms with Gasteiger partial charge in [0, 0.05) is 19.1 Å². The normalized spacial score (nSPS) is 14.4. The highest BCUT2D eigenvalue weighted by Crippen LogP contribution is 2.11. The number of carbonyl (C=O) groups is 2. The molecule has 5 heteroatoms.